The molecule has 0 fully saturated rings. The zero-order chi connectivity index (χ0) is 23.5. The average molecular weight is 461 g/mol. The largest absolute Gasteiger partial charge is 0.491 e. The van der Waals surface area contributed by atoms with E-state index in [0.29, 0.717) is 34.4 Å². The predicted octanol–water partition coefficient (Wildman–Crippen LogP) is 4.39. The van der Waals surface area contributed by atoms with E-state index < -0.39 is 24.3 Å². The van der Waals surface area contributed by atoms with Gasteiger partial charge in [0.25, 0.3) is 5.91 Å². The highest BCUT2D eigenvalue weighted by Gasteiger charge is 2.17. The van der Waals surface area contributed by atoms with Gasteiger partial charge in [-0.1, -0.05) is 11.6 Å². The van der Waals surface area contributed by atoms with E-state index in [-0.39, 0.29) is 13.0 Å². The molecule has 0 aromatic heterocycles. The summed E-state index contributed by atoms with van der Waals surface area (Å²) in [4.78, 5) is 25.9. The number of amides is 1. The number of carbonyl (C=O) groups is 2. The van der Waals surface area contributed by atoms with Crippen LogP contribution in [0.4, 0.5) is 10.1 Å². The van der Waals surface area contributed by atoms with E-state index in [1.165, 1.54) is 42.4 Å². The number of anilines is 1. The van der Waals surface area contributed by atoms with Crippen molar-refractivity contribution in [3.8, 4) is 17.6 Å². The zero-order valence-electron chi connectivity index (χ0n) is 17.6. The highest BCUT2D eigenvalue weighted by Crippen LogP contribution is 2.36. The van der Waals surface area contributed by atoms with E-state index in [0.717, 1.165) is 6.08 Å². The highest BCUT2D eigenvalue weighted by atomic mass is 35.5. The minimum atomic E-state index is -0.748. The maximum absolute atomic E-state index is 13.2. The van der Waals surface area contributed by atoms with Gasteiger partial charge in [0, 0.05) is 18.3 Å². The summed E-state index contributed by atoms with van der Waals surface area (Å²) < 4.78 is 28.9. The number of ether oxygens (including phenoxy) is 3. The minimum absolute atomic E-state index is 0.0668. The number of benzene rings is 2. The van der Waals surface area contributed by atoms with E-state index in [9.17, 15) is 14.0 Å². The lowest BCUT2D eigenvalue weighted by Gasteiger charge is -2.21. The quantitative estimate of drug-likeness (QED) is 0.386. The first-order chi connectivity index (χ1) is 15.4. The molecule has 168 valence electrons. The Morgan fingerprint density at radius 2 is 1.97 bits per heavy atom. The maximum Gasteiger partial charge on any atom is 0.331 e. The van der Waals surface area contributed by atoms with Crippen molar-refractivity contribution in [1.82, 2.24) is 0 Å². The van der Waals surface area contributed by atoms with Gasteiger partial charge in [0.1, 0.15) is 5.82 Å². The van der Waals surface area contributed by atoms with Crippen molar-refractivity contribution >= 4 is 35.2 Å². The molecule has 0 unspecified atom stereocenters. The third-order valence-corrected chi connectivity index (χ3v) is 4.45. The monoisotopic (exact) mass is 460 g/mol. The number of halogens is 2. The number of nitriles is 1. The van der Waals surface area contributed by atoms with Crippen molar-refractivity contribution < 1.29 is 28.2 Å². The molecule has 0 bridgehead atoms. The van der Waals surface area contributed by atoms with Gasteiger partial charge in [0.05, 0.1) is 31.2 Å². The minimum Gasteiger partial charge on any atom is -0.491 e. The molecule has 0 aliphatic carbocycles. The van der Waals surface area contributed by atoms with Crippen LogP contribution < -0.4 is 14.4 Å². The molecule has 2 rings (SSSR count). The summed E-state index contributed by atoms with van der Waals surface area (Å²) in [5.41, 5.74) is 0.971. The number of carbonyl (C=O) groups excluding carboxylic acids is 2. The van der Waals surface area contributed by atoms with Gasteiger partial charge in [-0.3, -0.25) is 4.79 Å². The summed E-state index contributed by atoms with van der Waals surface area (Å²) in [7, 11) is 1.47. The normalized spacial score (nSPS) is 10.5. The third-order valence-electron chi connectivity index (χ3n) is 4.17. The summed E-state index contributed by atoms with van der Waals surface area (Å²) in [5, 5.41) is 9.14. The summed E-state index contributed by atoms with van der Waals surface area (Å²) in [6.07, 6.45) is 2.68. The molecule has 0 N–H and O–H groups in total. The van der Waals surface area contributed by atoms with E-state index >= 15 is 0 Å². The molecule has 0 aliphatic rings. The number of hydrogen-bond donors (Lipinski definition) is 0. The van der Waals surface area contributed by atoms with Crippen LogP contribution in [0.2, 0.25) is 5.02 Å². The van der Waals surface area contributed by atoms with Crippen LogP contribution in [-0.4, -0.2) is 38.7 Å². The van der Waals surface area contributed by atoms with Gasteiger partial charge < -0.3 is 19.1 Å². The first-order valence-electron chi connectivity index (χ1n) is 9.67. The highest BCUT2D eigenvalue weighted by molar-refractivity contribution is 6.32. The molecule has 2 aromatic carbocycles. The molecule has 2 aromatic rings. The summed E-state index contributed by atoms with van der Waals surface area (Å²) in [6.45, 7) is 1.76. The first kappa shape index (κ1) is 24.7. The number of hydrogen-bond acceptors (Lipinski definition) is 6. The van der Waals surface area contributed by atoms with E-state index in [4.69, 9.17) is 31.1 Å². The van der Waals surface area contributed by atoms with Crippen molar-refractivity contribution in [2.45, 2.75) is 13.3 Å². The van der Waals surface area contributed by atoms with Gasteiger partial charge in [-0.25, -0.2) is 9.18 Å². The predicted molar refractivity (Wildman–Crippen MR) is 118 cm³/mol. The Morgan fingerprint density at radius 1 is 1.25 bits per heavy atom. The van der Waals surface area contributed by atoms with Crippen molar-refractivity contribution in [1.29, 1.82) is 5.26 Å². The fourth-order valence-corrected chi connectivity index (χ4v) is 3.05. The number of esters is 1. The van der Waals surface area contributed by atoms with Crippen molar-refractivity contribution in [3.05, 3.63) is 58.9 Å². The molecule has 0 saturated heterocycles. The first-order valence-corrected chi connectivity index (χ1v) is 10.1. The van der Waals surface area contributed by atoms with Crippen molar-refractivity contribution in [2.24, 2.45) is 0 Å². The summed E-state index contributed by atoms with van der Waals surface area (Å²) in [5.74, 6) is -0.929. The molecule has 32 heavy (non-hydrogen) atoms. The van der Waals surface area contributed by atoms with Crippen LogP contribution in [0.5, 0.6) is 11.5 Å². The van der Waals surface area contributed by atoms with Gasteiger partial charge in [-0.2, -0.15) is 5.26 Å². The van der Waals surface area contributed by atoms with Crippen LogP contribution in [0, 0.1) is 17.1 Å². The maximum atomic E-state index is 13.2. The Morgan fingerprint density at radius 3 is 2.59 bits per heavy atom. The second-order valence-corrected chi connectivity index (χ2v) is 6.75. The molecule has 0 saturated carbocycles. The molecular formula is C23H22ClFN2O5. The fourth-order valence-electron chi connectivity index (χ4n) is 2.75. The number of methoxy groups -OCH3 is 1. The second-order valence-electron chi connectivity index (χ2n) is 6.34. The van der Waals surface area contributed by atoms with Crippen LogP contribution >= 0.6 is 11.6 Å². The van der Waals surface area contributed by atoms with Crippen molar-refractivity contribution in [3.63, 3.8) is 0 Å². The zero-order valence-corrected chi connectivity index (χ0v) is 18.4. The molecule has 0 aliphatic heterocycles. The summed E-state index contributed by atoms with van der Waals surface area (Å²) in [6, 6.07) is 10.4. The Bertz CT molecular complexity index is 1020. The smallest absolute Gasteiger partial charge is 0.331 e. The Labute approximate surface area is 190 Å². The van der Waals surface area contributed by atoms with Crippen molar-refractivity contribution in [2.75, 3.05) is 31.8 Å². The standard InChI is InChI=1S/C23H22ClFN2O5/c1-3-31-20-14-16(13-19(24)23(20)30-2)5-10-22(29)32-15-21(28)27(12-4-11-26)18-8-6-17(25)7-9-18/h5-10,13-14H,3-4,12,15H2,1-2H3. The topological polar surface area (TPSA) is 88.9 Å². The number of nitrogens with zero attached hydrogens (tertiary/aromatic N) is 2. The molecule has 7 nitrogen and oxygen atoms in total. The molecule has 9 heteroatoms. The van der Waals surface area contributed by atoms with E-state index in [1.807, 2.05) is 13.0 Å². The van der Waals surface area contributed by atoms with Crippen LogP contribution in [-0.2, 0) is 14.3 Å². The van der Waals surface area contributed by atoms with Crippen LogP contribution in [0.1, 0.15) is 18.9 Å². The number of rotatable bonds is 10. The van der Waals surface area contributed by atoms with Crippen LogP contribution in [0.15, 0.2) is 42.5 Å². The lowest BCUT2D eigenvalue weighted by atomic mass is 10.2. The molecule has 0 spiro atoms. The Kier molecular flexibility index (Phi) is 9.51. The molecule has 1 amide bonds. The molecule has 0 atom stereocenters. The summed E-state index contributed by atoms with van der Waals surface area (Å²) >= 11 is 6.18. The van der Waals surface area contributed by atoms with E-state index in [1.54, 1.807) is 12.1 Å². The molecular weight excluding hydrogens is 439 g/mol. The SMILES string of the molecule is CCOc1cc(C=CC(=O)OCC(=O)N(CCC#N)c2ccc(F)cc2)cc(Cl)c1OC. The van der Waals surface area contributed by atoms with Gasteiger partial charge in [-0.15, -0.1) is 0 Å². The third kappa shape index (κ3) is 7.00. The lowest BCUT2D eigenvalue weighted by molar-refractivity contribution is -0.142. The average Bonchev–Trinajstić information content (AvgIpc) is 2.77. The van der Waals surface area contributed by atoms with Crippen LogP contribution in [0.25, 0.3) is 6.08 Å². The van der Waals surface area contributed by atoms with Gasteiger partial charge in [-0.05, 0) is 55.0 Å². The van der Waals surface area contributed by atoms with Gasteiger partial charge >= 0.3 is 5.97 Å². The van der Waals surface area contributed by atoms with E-state index in [2.05, 4.69) is 0 Å². The molecule has 0 radical (unpaired) electrons. The fraction of sp³-hybridized carbons (Fsp3) is 0.261. The Hall–Kier alpha value is -3.57. The molecule has 0 heterocycles. The second kappa shape index (κ2) is 12.3. The Balaban J connectivity index is 2.04. The van der Waals surface area contributed by atoms with Gasteiger partial charge in [0.2, 0.25) is 0 Å². The lowest BCUT2D eigenvalue weighted by Crippen LogP contribution is -2.35. The van der Waals surface area contributed by atoms with Crippen LogP contribution in [0.3, 0.4) is 0 Å². The van der Waals surface area contributed by atoms with Gasteiger partial charge in [0.15, 0.2) is 18.1 Å².